The molecular weight excluding hydrogens is 246 g/mol. The number of likely N-dealkylation sites (N-methyl/N-ethyl adjacent to an activating group) is 1. The van der Waals surface area contributed by atoms with Crippen molar-refractivity contribution in [1.29, 1.82) is 0 Å². The first-order valence-electron chi connectivity index (χ1n) is 8.00. The zero-order valence-electron chi connectivity index (χ0n) is 13.2. The number of hydrogen-bond acceptors (Lipinski definition) is 2. The maximum absolute atomic E-state index is 5.89. The Morgan fingerprint density at radius 1 is 1.20 bits per heavy atom. The van der Waals surface area contributed by atoms with Gasteiger partial charge < -0.3 is 10.1 Å². The van der Waals surface area contributed by atoms with Crippen LogP contribution in [-0.2, 0) is 11.2 Å². The van der Waals surface area contributed by atoms with E-state index in [2.05, 4.69) is 43.6 Å². The second kappa shape index (κ2) is 7.80. The summed E-state index contributed by atoms with van der Waals surface area (Å²) in [6.07, 6.45) is 8.17. The van der Waals surface area contributed by atoms with E-state index in [1.165, 1.54) is 43.2 Å². The molecule has 0 aromatic heterocycles. The van der Waals surface area contributed by atoms with Crippen molar-refractivity contribution in [1.82, 2.24) is 5.32 Å². The van der Waals surface area contributed by atoms with E-state index in [1.54, 1.807) is 0 Å². The highest BCUT2D eigenvalue weighted by molar-refractivity contribution is 5.26. The number of ether oxygens (including phenoxy) is 1. The second-order valence-corrected chi connectivity index (χ2v) is 6.12. The van der Waals surface area contributed by atoms with Gasteiger partial charge in [0.05, 0.1) is 6.10 Å². The lowest BCUT2D eigenvalue weighted by Crippen LogP contribution is -2.45. The molecule has 0 spiro atoms. The van der Waals surface area contributed by atoms with E-state index in [0.29, 0.717) is 12.1 Å². The van der Waals surface area contributed by atoms with Crippen LogP contribution in [0, 0.1) is 12.8 Å². The Bertz CT molecular complexity index is 398. The van der Waals surface area contributed by atoms with Crippen molar-refractivity contribution in [2.45, 2.75) is 57.6 Å². The molecule has 2 atom stereocenters. The Kier molecular flexibility index (Phi) is 6.06. The fourth-order valence-corrected chi connectivity index (χ4v) is 3.61. The average molecular weight is 275 g/mol. The highest BCUT2D eigenvalue weighted by atomic mass is 16.5. The van der Waals surface area contributed by atoms with Gasteiger partial charge in [-0.1, -0.05) is 43.5 Å². The molecule has 2 unspecified atom stereocenters. The lowest BCUT2D eigenvalue weighted by molar-refractivity contribution is 0.0101. The number of rotatable bonds is 6. The van der Waals surface area contributed by atoms with Gasteiger partial charge in [0.25, 0.3) is 0 Å². The Morgan fingerprint density at radius 3 is 2.50 bits per heavy atom. The number of nitrogens with one attached hydrogen (secondary N) is 1. The summed E-state index contributed by atoms with van der Waals surface area (Å²) in [7, 11) is 3.94. The Labute approximate surface area is 123 Å². The van der Waals surface area contributed by atoms with E-state index in [0.717, 1.165) is 12.3 Å². The van der Waals surface area contributed by atoms with Crippen molar-refractivity contribution in [3.63, 3.8) is 0 Å². The molecule has 0 amide bonds. The van der Waals surface area contributed by atoms with E-state index in [1.807, 2.05) is 7.11 Å². The highest BCUT2D eigenvalue weighted by Crippen LogP contribution is 2.30. The molecular formula is C18H29NO. The lowest BCUT2D eigenvalue weighted by atomic mass is 9.81. The van der Waals surface area contributed by atoms with Gasteiger partial charge in [0, 0.05) is 13.2 Å². The van der Waals surface area contributed by atoms with Crippen LogP contribution in [0.3, 0.4) is 0 Å². The standard InChI is InChI=1S/C18H29NO/c1-14-9-7-8-12-16(14)13-17(19-2)18(20-3)15-10-5-4-6-11-15/h7-9,12,15,17-19H,4-6,10-11,13H2,1-3H3. The third-order valence-corrected chi connectivity index (χ3v) is 4.86. The van der Waals surface area contributed by atoms with Gasteiger partial charge in [0.1, 0.15) is 0 Å². The summed E-state index contributed by atoms with van der Waals surface area (Å²) in [5.74, 6) is 0.718. The molecule has 1 aromatic rings. The molecule has 1 N–H and O–H groups in total. The first-order valence-corrected chi connectivity index (χ1v) is 8.00. The first-order chi connectivity index (χ1) is 9.76. The molecule has 0 heterocycles. The summed E-state index contributed by atoms with van der Waals surface area (Å²) in [5.41, 5.74) is 2.82. The largest absolute Gasteiger partial charge is 0.380 e. The third kappa shape index (κ3) is 3.83. The quantitative estimate of drug-likeness (QED) is 0.854. The topological polar surface area (TPSA) is 21.3 Å². The van der Waals surface area contributed by atoms with E-state index in [-0.39, 0.29) is 0 Å². The van der Waals surface area contributed by atoms with Crippen LogP contribution in [0.25, 0.3) is 0 Å². The number of hydrogen-bond donors (Lipinski definition) is 1. The summed E-state index contributed by atoms with van der Waals surface area (Å²) >= 11 is 0. The van der Waals surface area contributed by atoms with Gasteiger partial charge in [-0.05, 0) is 50.3 Å². The van der Waals surface area contributed by atoms with Gasteiger partial charge in [-0.15, -0.1) is 0 Å². The summed E-state index contributed by atoms with van der Waals surface area (Å²) in [6.45, 7) is 2.20. The molecule has 1 aromatic carbocycles. The SMILES string of the molecule is CNC(Cc1ccccc1C)C(OC)C1CCCCC1. The smallest absolute Gasteiger partial charge is 0.0755 e. The van der Waals surface area contributed by atoms with Crippen LogP contribution in [0.15, 0.2) is 24.3 Å². The van der Waals surface area contributed by atoms with Gasteiger partial charge in [-0.3, -0.25) is 0 Å². The van der Waals surface area contributed by atoms with Gasteiger partial charge in [-0.25, -0.2) is 0 Å². The summed E-state index contributed by atoms with van der Waals surface area (Å²) < 4.78 is 5.89. The van der Waals surface area contributed by atoms with Crippen LogP contribution in [0.4, 0.5) is 0 Å². The van der Waals surface area contributed by atoms with Gasteiger partial charge in [0.2, 0.25) is 0 Å². The maximum atomic E-state index is 5.89. The van der Waals surface area contributed by atoms with Crippen LogP contribution in [0.2, 0.25) is 0 Å². The van der Waals surface area contributed by atoms with Crippen molar-refractivity contribution >= 4 is 0 Å². The van der Waals surface area contributed by atoms with Gasteiger partial charge in [0.15, 0.2) is 0 Å². The van der Waals surface area contributed by atoms with E-state index in [9.17, 15) is 0 Å². The fraction of sp³-hybridized carbons (Fsp3) is 0.667. The van der Waals surface area contributed by atoms with Crippen LogP contribution in [0.1, 0.15) is 43.2 Å². The Hall–Kier alpha value is -0.860. The minimum atomic E-state index is 0.333. The maximum Gasteiger partial charge on any atom is 0.0755 e. The van der Waals surface area contributed by atoms with E-state index < -0.39 is 0 Å². The summed E-state index contributed by atoms with van der Waals surface area (Å²) in [4.78, 5) is 0. The first kappa shape index (κ1) is 15.5. The average Bonchev–Trinajstić information content (AvgIpc) is 2.50. The van der Waals surface area contributed by atoms with E-state index >= 15 is 0 Å². The predicted octanol–water partition coefficient (Wildman–Crippen LogP) is 3.72. The molecule has 20 heavy (non-hydrogen) atoms. The molecule has 112 valence electrons. The monoisotopic (exact) mass is 275 g/mol. The normalized spacial score (nSPS) is 19.8. The van der Waals surface area contributed by atoms with Gasteiger partial charge in [-0.2, -0.15) is 0 Å². The number of benzene rings is 1. The lowest BCUT2D eigenvalue weighted by Gasteiger charge is -2.35. The molecule has 0 radical (unpaired) electrons. The molecule has 0 bridgehead atoms. The summed E-state index contributed by atoms with van der Waals surface area (Å²) in [6, 6.07) is 9.10. The van der Waals surface area contributed by atoms with Gasteiger partial charge >= 0.3 is 0 Å². The minimum Gasteiger partial charge on any atom is -0.380 e. The molecule has 1 aliphatic rings. The minimum absolute atomic E-state index is 0.333. The van der Waals surface area contributed by atoms with Crippen molar-refractivity contribution in [3.05, 3.63) is 35.4 Å². The molecule has 1 fully saturated rings. The zero-order chi connectivity index (χ0) is 14.4. The summed E-state index contributed by atoms with van der Waals surface area (Å²) in [5, 5.41) is 3.50. The second-order valence-electron chi connectivity index (χ2n) is 6.12. The van der Waals surface area contributed by atoms with Crippen LogP contribution >= 0.6 is 0 Å². The van der Waals surface area contributed by atoms with Crippen molar-refractivity contribution in [3.8, 4) is 0 Å². The zero-order valence-corrected chi connectivity index (χ0v) is 13.2. The molecule has 0 saturated heterocycles. The molecule has 2 rings (SSSR count). The van der Waals surface area contributed by atoms with Crippen molar-refractivity contribution in [2.75, 3.05) is 14.2 Å². The fourth-order valence-electron chi connectivity index (χ4n) is 3.61. The molecule has 2 heteroatoms. The Morgan fingerprint density at radius 2 is 1.90 bits per heavy atom. The number of aryl methyl sites for hydroxylation is 1. The molecule has 2 nitrogen and oxygen atoms in total. The van der Waals surface area contributed by atoms with E-state index in [4.69, 9.17) is 4.74 Å². The Balaban J connectivity index is 2.06. The predicted molar refractivity (Wildman–Crippen MR) is 85.1 cm³/mol. The van der Waals surface area contributed by atoms with Crippen molar-refractivity contribution < 1.29 is 4.74 Å². The van der Waals surface area contributed by atoms with Crippen molar-refractivity contribution in [2.24, 2.45) is 5.92 Å². The molecule has 0 aliphatic heterocycles. The highest BCUT2D eigenvalue weighted by Gasteiger charge is 2.30. The van der Waals surface area contributed by atoms with Crippen LogP contribution in [-0.4, -0.2) is 26.3 Å². The van der Waals surface area contributed by atoms with Crippen LogP contribution < -0.4 is 5.32 Å². The number of methoxy groups -OCH3 is 1. The van der Waals surface area contributed by atoms with Crippen LogP contribution in [0.5, 0.6) is 0 Å². The molecule has 1 saturated carbocycles. The third-order valence-electron chi connectivity index (χ3n) is 4.86. The molecule has 1 aliphatic carbocycles.